The molecule has 0 aliphatic heterocycles. The summed E-state index contributed by atoms with van der Waals surface area (Å²) in [7, 11) is 1.56. The van der Waals surface area contributed by atoms with Crippen molar-refractivity contribution in [3.05, 3.63) is 72.1 Å². The molecular formula is C19H15F3N4O2. The molecule has 0 aliphatic carbocycles. The van der Waals surface area contributed by atoms with Gasteiger partial charge in [-0.1, -0.05) is 6.07 Å². The summed E-state index contributed by atoms with van der Waals surface area (Å²) < 4.78 is 43.3. The number of carbonyl (C=O) groups is 1. The average molecular weight is 388 g/mol. The van der Waals surface area contributed by atoms with Gasteiger partial charge < -0.3 is 15.4 Å². The van der Waals surface area contributed by atoms with Crippen molar-refractivity contribution in [3.8, 4) is 5.75 Å². The fourth-order valence-corrected chi connectivity index (χ4v) is 2.29. The molecule has 2 aromatic carbocycles. The summed E-state index contributed by atoms with van der Waals surface area (Å²) in [6.07, 6.45) is -1.93. The van der Waals surface area contributed by atoms with Gasteiger partial charge in [0.15, 0.2) is 0 Å². The first-order valence-corrected chi connectivity index (χ1v) is 8.07. The number of halogens is 3. The fraction of sp³-hybridized carbons (Fsp3) is 0.105. The Hall–Kier alpha value is -3.62. The quantitative estimate of drug-likeness (QED) is 0.673. The number of nitrogens with zero attached hydrogens (tertiary/aromatic N) is 2. The van der Waals surface area contributed by atoms with Crippen molar-refractivity contribution in [1.29, 1.82) is 0 Å². The van der Waals surface area contributed by atoms with E-state index in [-0.39, 0.29) is 17.2 Å². The first-order valence-electron chi connectivity index (χ1n) is 8.07. The van der Waals surface area contributed by atoms with E-state index in [2.05, 4.69) is 20.6 Å². The van der Waals surface area contributed by atoms with Gasteiger partial charge in [0.25, 0.3) is 5.91 Å². The number of carbonyl (C=O) groups excluding carboxylic acids is 1. The standard InChI is InChI=1S/C19H15F3N4O2/c1-28-16-7-5-14(6-8-16)26-18-23-10-12(11-24-18)17(27)25-15-4-2-3-13(9-15)19(20,21)22/h2-11H,1H3,(H,25,27)(H,23,24,26). The van der Waals surface area contributed by atoms with E-state index in [9.17, 15) is 18.0 Å². The van der Waals surface area contributed by atoms with Crippen LogP contribution in [0.5, 0.6) is 5.75 Å². The van der Waals surface area contributed by atoms with Crippen LogP contribution in [0.3, 0.4) is 0 Å². The molecule has 0 spiro atoms. The van der Waals surface area contributed by atoms with Crippen molar-refractivity contribution in [2.45, 2.75) is 6.18 Å². The molecule has 9 heteroatoms. The van der Waals surface area contributed by atoms with Crippen molar-refractivity contribution >= 4 is 23.2 Å². The number of rotatable bonds is 5. The Morgan fingerprint density at radius 1 is 1.00 bits per heavy atom. The third-order valence-corrected chi connectivity index (χ3v) is 3.71. The molecular weight excluding hydrogens is 373 g/mol. The van der Waals surface area contributed by atoms with Gasteiger partial charge in [0.1, 0.15) is 5.75 Å². The topological polar surface area (TPSA) is 76.1 Å². The third kappa shape index (κ3) is 4.76. The lowest BCUT2D eigenvalue weighted by Gasteiger charge is -2.10. The Kier molecular flexibility index (Phi) is 5.44. The summed E-state index contributed by atoms with van der Waals surface area (Å²) in [6.45, 7) is 0. The molecule has 3 aromatic rings. The number of hydrogen-bond donors (Lipinski definition) is 2. The fourth-order valence-electron chi connectivity index (χ4n) is 2.29. The highest BCUT2D eigenvalue weighted by Gasteiger charge is 2.30. The molecule has 0 aliphatic rings. The molecule has 1 aromatic heterocycles. The van der Waals surface area contributed by atoms with Crippen molar-refractivity contribution in [1.82, 2.24) is 9.97 Å². The molecule has 1 amide bonds. The van der Waals surface area contributed by atoms with E-state index in [0.29, 0.717) is 5.75 Å². The molecule has 144 valence electrons. The second-order valence-corrected chi connectivity index (χ2v) is 5.68. The zero-order valence-corrected chi connectivity index (χ0v) is 14.6. The van der Waals surface area contributed by atoms with Crippen LogP contribution in [0.2, 0.25) is 0 Å². The SMILES string of the molecule is COc1ccc(Nc2ncc(C(=O)Nc3cccc(C(F)(F)F)c3)cn2)cc1. The molecule has 0 atom stereocenters. The largest absolute Gasteiger partial charge is 0.497 e. The van der Waals surface area contributed by atoms with Gasteiger partial charge in [0, 0.05) is 23.8 Å². The van der Waals surface area contributed by atoms with E-state index < -0.39 is 17.6 Å². The molecule has 0 bridgehead atoms. The van der Waals surface area contributed by atoms with Crippen LogP contribution in [0.4, 0.5) is 30.5 Å². The van der Waals surface area contributed by atoms with E-state index in [1.54, 1.807) is 31.4 Å². The summed E-state index contributed by atoms with van der Waals surface area (Å²) in [6, 6.07) is 11.5. The smallest absolute Gasteiger partial charge is 0.416 e. The molecule has 0 fully saturated rings. The van der Waals surface area contributed by atoms with E-state index in [1.165, 1.54) is 24.5 Å². The predicted molar refractivity (Wildman–Crippen MR) is 97.7 cm³/mol. The number of amides is 1. The first-order chi connectivity index (χ1) is 13.3. The molecule has 0 unspecified atom stereocenters. The van der Waals surface area contributed by atoms with Crippen molar-refractivity contribution in [3.63, 3.8) is 0 Å². The van der Waals surface area contributed by atoms with Gasteiger partial charge in [0.05, 0.1) is 18.2 Å². The summed E-state index contributed by atoms with van der Waals surface area (Å²) in [4.78, 5) is 20.3. The maximum atomic E-state index is 12.7. The highest BCUT2D eigenvalue weighted by Crippen LogP contribution is 2.30. The zero-order chi connectivity index (χ0) is 20.1. The van der Waals surface area contributed by atoms with Crippen LogP contribution in [0.1, 0.15) is 15.9 Å². The molecule has 3 rings (SSSR count). The molecule has 28 heavy (non-hydrogen) atoms. The van der Waals surface area contributed by atoms with E-state index >= 15 is 0 Å². The minimum Gasteiger partial charge on any atom is -0.497 e. The second-order valence-electron chi connectivity index (χ2n) is 5.68. The maximum Gasteiger partial charge on any atom is 0.416 e. The molecule has 0 saturated heterocycles. The molecule has 1 heterocycles. The molecule has 0 saturated carbocycles. The van der Waals surface area contributed by atoms with Gasteiger partial charge in [-0.2, -0.15) is 13.2 Å². The van der Waals surface area contributed by atoms with Crippen LogP contribution in [0.15, 0.2) is 60.9 Å². The Morgan fingerprint density at radius 2 is 1.68 bits per heavy atom. The number of methoxy groups -OCH3 is 1. The number of aromatic nitrogens is 2. The number of benzene rings is 2. The monoisotopic (exact) mass is 388 g/mol. The Labute approximate surface area is 158 Å². The van der Waals surface area contributed by atoms with Gasteiger partial charge in [-0.05, 0) is 42.5 Å². The normalized spacial score (nSPS) is 11.0. The summed E-state index contributed by atoms with van der Waals surface area (Å²) in [5.41, 5.74) is 0.0144. The number of hydrogen-bond acceptors (Lipinski definition) is 5. The van der Waals surface area contributed by atoms with Crippen molar-refractivity contribution < 1.29 is 22.7 Å². The first kappa shape index (κ1) is 19.2. The Bertz CT molecular complexity index is 958. The lowest BCUT2D eigenvalue weighted by atomic mass is 10.2. The third-order valence-electron chi connectivity index (χ3n) is 3.71. The van der Waals surface area contributed by atoms with Gasteiger partial charge in [0.2, 0.25) is 5.95 Å². The van der Waals surface area contributed by atoms with Crippen LogP contribution in [0.25, 0.3) is 0 Å². The predicted octanol–water partition coefficient (Wildman–Crippen LogP) is 4.50. The minimum atomic E-state index is -4.49. The Balaban J connectivity index is 1.66. The minimum absolute atomic E-state index is 0.0280. The van der Waals surface area contributed by atoms with Crippen molar-refractivity contribution in [2.24, 2.45) is 0 Å². The van der Waals surface area contributed by atoms with E-state index in [0.717, 1.165) is 17.8 Å². The van der Waals surface area contributed by atoms with Crippen LogP contribution < -0.4 is 15.4 Å². The number of ether oxygens (including phenoxy) is 1. The summed E-state index contributed by atoms with van der Waals surface area (Å²) in [5, 5.41) is 5.36. The van der Waals surface area contributed by atoms with E-state index in [1.807, 2.05) is 0 Å². The van der Waals surface area contributed by atoms with Gasteiger partial charge in [-0.3, -0.25) is 4.79 Å². The highest BCUT2D eigenvalue weighted by atomic mass is 19.4. The lowest BCUT2D eigenvalue weighted by Crippen LogP contribution is -2.14. The summed E-state index contributed by atoms with van der Waals surface area (Å²) >= 11 is 0. The van der Waals surface area contributed by atoms with Crippen LogP contribution in [-0.2, 0) is 6.18 Å². The molecule has 2 N–H and O–H groups in total. The summed E-state index contributed by atoms with van der Waals surface area (Å²) in [5.74, 6) is 0.351. The number of anilines is 3. The van der Waals surface area contributed by atoms with Crippen molar-refractivity contribution in [2.75, 3.05) is 17.7 Å². The highest BCUT2D eigenvalue weighted by molar-refractivity contribution is 6.03. The average Bonchev–Trinajstić information content (AvgIpc) is 2.69. The maximum absolute atomic E-state index is 12.7. The number of alkyl halides is 3. The lowest BCUT2D eigenvalue weighted by molar-refractivity contribution is -0.137. The van der Waals surface area contributed by atoms with E-state index in [4.69, 9.17) is 4.74 Å². The molecule has 6 nitrogen and oxygen atoms in total. The Morgan fingerprint density at radius 3 is 2.29 bits per heavy atom. The van der Waals surface area contributed by atoms with Gasteiger partial charge in [-0.15, -0.1) is 0 Å². The van der Waals surface area contributed by atoms with Crippen LogP contribution >= 0.6 is 0 Å². The van der Waals surface area contributed by atoms with Gasteiger partial charge >= 0.3 is 6.18 Å². The zero-order valence-electron chi connectivity index (χ0n) is 14.6. The van der Waals surface area contributed by atoms with Crippen LogP contribution in [-0.4, -0.2) is 23.0 Å². The number of nitrogens with one attached hydrogen (secondary N) is 2. The molecule has 0 radical (unpaired) electrons. The second kappa shape index (κ2) is 7.95. The van der Waals surface area contributed by atoms with Gasteiger partial charge in [-0.25, -0.2) is 9.97 Å². The van der Waals surface area contributed by atoms with Crippen LogP contribution in [0, 0.1) is 0 Å².